The zero-order chi connectivity index (χ0) is 30.2. The summed E-state index contributed by atoms with van der Waals surface area (Å²) < 4.78 is 8.77. The van der Waals surface area contributed by atoms with Crippen LogP contribution in [0.1, 0.15) is 0 Å². The van der Waals surface area contributed by atoms with E-state index in [1.165, 1.54) is 71.2 Å². The molecule has 0 aliphatic carbocycles. The van der Waals surface area contributed by atoms with Crippen molar-refractivity contribution in [3.05, 3.63) is 164 Å². The van der Waals surface area contributed by atoms with Gasteiger partial charge in [-0.1, -0.05) is 127 Å². The van der Waals surface area contributed by atoms with E-state index in [1.54, 1.807) is 0 Å². The number of nitrogens with zero attached hydrogens (tertiary/aromatic N) is 1. The molecule has 0 unspecified atom stereocenters. The molecule has 9 aromatic rings. The van der Waals surface area contributed by atoms with Crippen LogP contribution in [0.25, 0.3) is 82.4 Å². The number of aromatic nitrogens is 1. The maximum Gasteiger partial charge on any atom is 0.135 e. The van der Waals surface area contributed by atoms with Gasteiger partial charge in [-0.2, -0.15) is 0 Å². The average Bonchev–Trinajstić information content (AvgIpc) is 3.47. The van der Waals surface area contributed by atoms with Gasteiger partial charge in [0.05, 0.1) is 11.0 Å². The fourth-order valence-electron chi connectivity index (χ4n) is 7.50. The molecule has 2 nitrogen and oxygen atoms in total. The van der Waals surface area contributed by atoms with Crippen LogP contribution < -0.4 is 4.74 Å². The molecule has 0 spiro atoms. The molecule has 0 fully saturated rings. The predicted octanol–water partition coefficient (Wildman–Crippen LogP) is 12.2. The fraction of sp³-hybridized carbons (Fsp3) is 0. The minimum Gasteiger partial charge on any atom is -0.456 e. The smallest absolute Gasteiger partial charge is 0.135 e. The maximum atomic E-state index is 6.35. The lowest BCUT2D eigenvalue weighted by Gasteiger charge is -2.22. The zero-order valence-electron chi connectivity index (χ0n) is 24.9. The van der Waals surface area contributed by atoms with Crippen molar-refractivity contribution in [2.24, 2.45) is 0 Å². The van der Waals surface area contributed by atoms with Gasteiger partial charge >= 0.3 is 0 Å². The first kappa shape index (κ1) is 25.2. The zero-order valence-corrected chi connectivity index (χ0v) is 24.9. The number of hydrogen-bond acceptors (Lipinski definition) is 1. The van der Waals surface area contributed by atoms with Gasteiger partial charge in [0.25, 0.3) is 0 Å². The molecule has 0 bridgehead atoms. The average molecular weight is 586 g/mol. The molecule has 10 rings (SSSR count). The third kappa shape index (κ3) is 3.65. The highest BCUT2D eigenvalue weighted by Crippen LogP contribution is 2.48. The van der Waals surface area contributed by atoms with E-state index < -0.39 is 0 Å². The molecule has 0 amide bonds. The van der Waals surface area contributed by atoms with Crippen LogP contribution in [0.5, 0.6) is 11.5 Å². The highest BCUT2D eigenvalue weighted by atomic mass is 16.5. The van der Waals surface area contributed by atoms with Crippen LogP contribution in [0.15, 0.2) is 164 Å². The lowest BCUT2D eigenvalue weighted by molar-refractivity contribution is 0.487. The second kappa shape index (κ2) is 9.69. The molecule has 46 heavy (non-hydrogen) atoms. The largest absolute Gasteiger partial charge is 0.456 e. The quantitative estimate of drug-likeness (QED) is 0.201. The third-order valence-electron chi connectivity index (χ3n) is 9.59. The second-order valence-corrected chi connectivity index (χ2v) is 12.1. The van der Waals surface area contributed by atoms with Crippen LogP contribution >= 0.6 is 0 Å². The van der Waals surface area contributed by atoms with Crippen molar-refractivity contribution in [3.63, 3.8) is 0 Å². The van der Waals surface area contributed by atoms with E-state index in [9.17, 15) is 0 Å². The number of para-hydroxylation sites is 2. The van der Waals surface area contributed by atoms with Gasteiger partial charge in [0.2, 0.25) is 0 Å². The molecule has 214 valence electrons. The SMILES string of the molecule is c1cc(-c2ccc(-n3c4ccccc4c4ccc5ccccc5c43)cc2)cc(-c2ccc3c4c(cccc24)-c2ccccc2O3)c1. The molecule has 0 radical (unpaired) electrons. The lowest BCUT2D eigenvalue weighted by atomic mass is 9.90. The van der Waals surface area contributed by atoms with E-state index in [-0.39, 0.29) is 0 Å². The summed E-state index contributed by atoms with van der Waals surface area (Å²) in [6.07, 6.45) is 0. The van der Waals surface area contributed by atoms with Crippen molar-refractivity contribution < 1.29 is 4.74 Å². The molecule has 8 aromatic carbocycles. The number of hydrogen-bond donors (Lipinski definition) is 0. The summed E-state index contributed by atoms with van der Waals surface area (Å²) in [5.41, 5.74) is 10.8. The van der Waals surface area contributed by atoms with Crippen LogP contribution in [0.3, 0.4) is 0 Å². The van der Waals surface area contributed by atoms with Crippen molar-refractivity contribution in [3.8, 4) is 50.6 Å². The van der Waals surface area contributed by atoms with Gasteiger partial charge in [-0.05, 0) is 75.0 Å². The Kier molecular flexibility index (Phi) is 5.31. The molecule has 1 aromatic heterocycles. The summed E-state index contributed by atoms with van der Waals surface area (Å²) in [7, 11) is 0. The molecule has 1 aliphatic rings. The monoisotopic (exact) mass is 585 g/mol. The van der Waals surface area contributed by atoms with Gasteiger partial charge in [0.1, 0.15) is 11.5 Å². The van der Waals surface area contributed by atoms with Crippen molar-refractivity contribution in [1.29, 1.82) is 0 Å². The highest BCUT2D eigenvalue weighted by Gasteiger charge is 2.21. The van der Waals surface area contributed by atoms with Gasteiger partial charge < -0.3 is 9.30 Å². The molecule has 1 aliphatic heterocycles. The van der Waals surface area contributed by atoms with Crippen LogP contribution in [0.4, 0.5) is 0 Å². The Hall–Kier alpha value is -6.12. The maximum absolute atomic E-state index is 6.35. The Morgan fingerprint density at radius 1 is 0.391 bits per heavy atom. The normalized spacial score (nSPS) is 12.1. The molecule has 0 N–H and O–H groups in total. The van der Waals surface area contributed by atoms with Gasteiger partial charge in [-0.25, -0.2) is 0 Å². The molecule has 2 heteroatoms. The van der Waals surface area contributed by atoms with Gasteiger partial charge in [0.15, 0.2) is 0 Å². The van der Waals surface area contributed by atoms with Crippen molar-refractivity contribution >= 4 is 43.4 Å². The van der Waals surface area contributed by atoms with Crippen LogP contribution in [0.2, 0.25) is 0 Å². The van der Waals surface area contributed by atoms with Crippen molar-refractivity contribution in [2.75, 3.05) is 0 Å². The van der Waals surface area contributed by atoms with E-state index in [1.807, 2.05) is 12.1 Å². The summed E-state index contributed by atoms with van der Waals surface area (Å²) in [5, 5.41) is 7.45. The van der Waals surface area contributed by atoms with Gasteiger partial charge in [-0.15, -0.1) is 0 Å². The molecule has 2 heterocycles. The first-order valence-electron chi connectivity index (χ1n) is 15.8. The fourth-order valence-corrected chi connectivity index (χ4v) is 7.50. The van der Waals surface area contributed by atoms with E-state index in [4.69, 9.17) is 4.74 Å². The summed E-state index contributed by atoms with van der Waals surface area (Å²) in [4.78, 5) is 0. The molecular formula is C44H27NO. The third-order valence-corrected chi connectivity index (χ3v) is 9.59. The van der Waals surface area contributed by atoms with Crippen LogP contribution in [0, 0.1) is 0 Å². The predicted molar refractivity (Wildman–Crippen MR) is 192 cm³/mol. The first-order chi connectivity index (χ1) is 22.8. The Bertz CT molecular complexity index is 2660. The van der Waals surface area contributed by atoms with Crippen molar-refractivity contribution in [2.45, 2.75) is 0 Å². The number of rotatable bonds is 3. The number of fused-ring (bicyclic) bond motifs is 7. The summed E-state index contributed by atoms with van der Waals surface area (Å²) in [5.74, 6) is 1.83. The van der Waals surface area contributed by atoms with E-state index in [0.29, 0.717) is 0 Å². The Balaban J connectivity index is 1.09. The Morgan fingerprint density at radius 3 is 2.07 bits per heavy atom. The van der Waals surface area contributed by atoms with E-state index >= 15 is 0 Å². The van der Waals surface area contributed by atoms with Gasteiger partial charge in [0, 0.05) is 32.8 Å². The first-order valence-corrected chi connectivity index (χ1v) is 15.8. The number of benzene rings is 8. The highest BCUT2D eigenvalue weighted by molar-refractivity contribution is 6.18. The summed E-state index contributed by atoms with van der Waals surface area (Å²) in [6, 6.07) is 59.0. The minimum absolute atomic E-state index is 0.912. The topological polar surface area (TPSA) is 14.2 Å². The van der Waals surface area contributed by atoms with E-state index in [0.717, 1.165) is 22.7 Å². The standard InChI is InChI=1S/C44H27NO/c1-2-12-34-29(9-1)21-24-39-35-13-3-5-17-40(35)45(44(34)39)32-22-19-28(20-23-32)30-10-7-11-31(27-30)33-25-26-42-43-37(33)15-8-16-38(43)36-14-4-6-18-41(36)46-42/h1-27H. The summed E-state index contributed by atoms with van der Waals surface area (Å²) in [6.45, 7) is 0. The van der Waals surface area contributed by atoms with Crippen LogP contribution in [-0.4, -0.2) is 4.57 Å². The minimum atomic E-state index is 0.912. The molecular weight excluding hydrogens is 558 g/mol. The molecule has 0 saturated carbocycles. The summed E-state index contributed by atoms with van der Waals surface area (Å²) >= 11 is 0. The second-order valence-electron chi connectivity index (χ2n) is 12.1. The molecule has 0 saturated heterocycles. The van der Waals surface area contributed by atoms with E-state index in [2.05, 4.69) is 156 Å². The molecule has 0 atom stereocenters. The van der Waals surface area contributed by atoms with Gasteiger partial charge in [-0.3, -0.25) is 0 Å². The number of ether oxygens (including phenoxy) is 1. The Labute approximate surface area is 266 Å². The Morgan fingerprint density at radius 2 is 1.13 bits per heavy atom. The van der Waals surface area contributed by atoms with Crippen molar-refractivity contribution in [1.82, 2.24) is 4.57 Å². The lowest BCUT2D eigenvalue weighted by Crippen LogP contribution is -1.97. The van der Waals surface area contributed by atoms with Crippen LogP contribution in [-0.2, 0) is 0 Å².